The predicted octanol–water partition coefficient (Wildman–Crippen LogP) is 5.19. The fourth-order valence-corrected chi connectivity index (χ4v) is 6.08. The summed E-state index contributed by atoms with van der Waals surface area (Å²) in [7, 11) is -2.03. The molecule has 11 heteroatoms. The summed E-state index contributed by atoms with van der Waals surface area (Å²) in [4.78, 5) is 6.59. The number of methoxy groups -OCH3 is 1. The first kappa shape index (κ1) is 26.6. The zero-order valence-corrected chi connectivity index (χ0v) is 23.5. The first-order valence-corrected chi connectivity index (χ1v) is 14.5. The van der Waals surface area contributed by atoms with E-state index in [-0.39, 0.29) is 17.9 Å². The molecule has 2 aromatic carbocycles. The number of hydrogen-bond acceptors (Lipinski definition) is 5. The molecule has 5 rings (SSSR count). The molecule has 39 heavy (non-hydrogen) atoms. The normalized spacial score (nSPS) is 17.3. The average Bonchev–Trinajstić information content (AvgIpc) is 3.38. The lowest BCUT2D eigenvalue weighted by molar-refractivity contribution is 0.417. The molecule has 0 radical (unpaired) electrons. The molecule has 1 aliphatic heterocycles. The number of pyridine rings is 1. The van der Waals surface area contributed by atoms with Crippen LogP contribution in [0.25, 0.3) is 5.69 Å². The first-order chi connectivity index (χ1) is 18.6. The van der Waals surface area contributed by atoms with Gasteiger partial charge in [-0.2, -0.15) is 0 Å². The van der Waals surface area contributed by atoms with Crippen molar-refractivity contribution >= 4 is 38.7 Å². The first-order valence-electron chi connectivity index (χ1n) is 12.2. The minimum absolute atomic E-state index is 0.292. The lowest BCUT2D eigenvalue weighted by Crippen LogP contribution is -2.29. The fourth-order valence-electron chi connectivity index (χ4n) is 5.16. The number of benzene rings is 2. The second-order valence-corrected chi connectivity index (χ2v) is 11.5. The van der Waals surface area contributed by atoms with Crippen LogP contribution in [0.5, 0.6) is 5.75 Å². The van der Waals surface area contributed by atoms with Gasteiger partial charge in [-0.3, -0.25) is 9.71 Å². The molecule has 3 heterocycles. The number of nitrogens with zero attached hydrogens (tertiary/aromatic N) is 3. The van der Waals surface area contributed by atoms with Gasteiger partial charge < -0.3 is 19.5 Å². The van der Waals surface area contributed by atoms with Crippen molar-refractivity contribution < 1.29 is 17.5 Å². The summed E-state index contributed by atoms with van der Waals surface area (Å²) in [6.07, 6.45) is 2.83. The van der Waals surface area contributed by atoms with Crippen LogP contribution < -0.4 is 19.7 Å². The number of hydrogen-bond donors (Lipinski definition) is 2. The Morgan fingerprint density at radius 1 is 1.05 bits per heavy atom. The molecule has 0 bridgehead atoms. The number of sulfonamides is 1. The molecule has 1 fully saturated rings. The maximum absolute atomic E-state index is 14.1. The predicted molar refractivity (Wildman–Crippen MR) is 155 cm³/mol. The van der Waals surface area contributed by atoms with Crippen molar-refractivity contribution in [3.05, 3.63) is 101 Å². The van der Waals surface area contributed by atoms with Gasteiger partial charge in [-0.15, -0.1) is 0 Å². The van der Waals surface area contributed by atoms with E-state index in [1.165, 1.54) is 19.2 Å². The Kier molecular flexibility index (Phi) is 7.04. The van der Waals surface area contributed by atoms with Gasteiger partial charge in [0.2, 0.25) is 10.0 Å². The molecule has 202 valence electrons. The third kappa shape index (κ3) is 5.19. The zero-order chi connectivity index (χ0) is 27.9. The van der Waals surface area contributed by atoms with Gasteiger partial charge >= 0.3 is 0 Å². The molecular weight excluding hydrogens is 537 g/mol. The molecule has 0 saturated carbocycles. The summed E-state index contributed by atoms with van der Waals surface area (Å²) < 4.78 is 47.9. The van der Waals surface area contributed by atoms with E-state index >= 15 is 0 Å². The van der Waals surface area contributed by atoms with Gasteiger partial charge in [0.25, 0.3) is 0 Å². The van der Waals surface area contributed by atoms with Crippen molar-refractivity contribution in [2.24, 2.45) is 0 Å². The van der Waals surface area contributed by atoms with Crippen molar-refractivity contribution in [1.29, 1.82) is 0 Å². The monoisotopic (exact) mass is 565 g/mol. The molecule has 8 nitrogen and oxygen atoms in total. The van der Waals surface area contributed by atoms with Crippen LogP contribution in [-0.4, -0.2) is 36.4 Å². The lowest BCUT2D eigenvalue weighted by atomic mass is 9.96. The number of aryl methyl sites for hydroxylation is 1. The Hall–Kier alpha value is -3.96. The molecule has 1 aliphatic rings. The van der Waals surface area contributed by atoms with Crippen molar-refractivity contribution in [2.75, 3.05) is 23.0 Å². The molecule has 0 amide bonds. The number of nitrogens with one attached hydrogen (secondary N) is 2. The molecule has 0 spiro atoms. The van der Waals surface area contributed by atoms with Crippen molar-refractivity contribution in [3.8, 4) is 11.4 Å². The van der Waals surface area contributed by atoms with Gasteiger partial charge in [0.15, 0.2) is 5.11 Å². The summed E-state index contributed by atoms with van der Waals surface area (Å²) in [6, 6.07) is 18.9. The van der Waals surface area contributed by atoms with Crippen LogP contribution in [0.2, 0.25) is 0 Å². The van der Waals surface area contributed by atoms with E-state index in [0.717, 1.165) is 34.6 Å². The Bertz CT molecular complexity index is 1660. The Balaban J connectivity index is 1.67. The third-order valence-corrected chi connectivity index (χ3v) is 7.62. The highest BCUT2D eigenvalue weighted by Gasteiger charge is 2.42. The smallest absolute Gasteiger partial charge is 0.229 e. The van der Waals surface area contributed by atoms with E-state index in [4.69, 9.17) is 17.0 Å². The van der Waals surface area contributed by atoms with Crippen LogP contribution >= 0.6 is 12.2 Å². The van der Waals surface area contributed by atoms with Gasteiger partial charge in [-0.1, -0.05) is 12.1 Å². The molecule has 2 N–H and O–H groups in total. The largest absolute Gasteiger partial charge is 0.494 e. The Labute approximate surface area is 232 Å². The quantitative estimate of drug-likeness (QED) is 0.298. The summed E-state index contributed by atoms with van der Waals surface area (Å²) in [5.41, 5.74) is 5.43. The van der Waals surface area contributed by atoms with Gasteiger partial charge in [0, 0.05) is 35.0 Å². The molecule has 2 aromatic heterocycles. The summed E-state index contributed by atoms with van der Waals surface area (Å²) in [6.45, 7) is 3.98. The molecular formula is C28H28FN5O3S2. The number of rotatable bonds is 7. The van der Waals surface area contributed by atoms with Crippen molar-refractivity contribution in [1.82, 2.24) is 14.9 Å². The highest BCUT2D eigenvalue weighted by Crippen LogP contribution is 2.45. The topological polar surface area (TPSA) is 88.5 Å². The van der Waals surface area contributed by atoms with Crippen LogP contribution in [0.4, 0.5) is 15.8 Å². The second-order valence-electron chi connectivity index (χ2n) is 9.40. The Morgan fingerprint density at radius 3 is 2.51 bits per heavy atom. The van der Waals surface area contributed by atoms with Crippen LogP contribution in [0.3, 0.4) is 0 Å². The number of aromatic nitrogens is 2. The number of thiocarbonyl (C=S) groups is 1. The van der Waals surface area contributed by atoms with Gasteiger partial charge in [-0.05, 0) is 80.2 Å². The Morgan fingerprint density at radius 2 is 1.85 bits per heavy atom. The highest BCUT2D eigenvalue weighted by molar-refractivity contribution is 7.92. The van der Waals surface area contributed by atoms with Gasteiger partial charge in [0.05, 0.1) is 36.8 Å². The maximum atomic E-state index is 14.1. The van der Waals surface area contributed by atoms with Crippen LogP contribution in [0.1, 0.15) is 34.7 Å². The summed E-state index contributed by atoms with van der Waals surface area (Å²) >= 11 is 5.85. The van der Waals surface area contributed by atoms with E-state index in [1.807, 2.05) is 47.6 Å². The van der Waals surface area contributed by atoms with Crippen LogP contribution in [0.15, 0.2) is 72.9 Å². The molecule has 1 saturated heterocycles. The van der Waals surface area contributed by atoms with Crippen LogP contribution in [-0.2, 0) is 10.0 Å². The van der Waals surface area contributed by atoms with E-state index in [1.54, 1.807) is 30.5 Å². The maximum Gasteiger partial charge on any atom is 0.229 e. The SMILES string of the molecule is COc1cc(N2C(=S)NC(c3ccccn3)C2c2cc(C)n(-c3cccc(F)c3)c2C)ccc1NS(C)(=O)=O. The van der Waals surface area contributed by atoms with E-state index in [0.29, 0.717) is 22.2 Å². The van der Waals surface area contributed by atoms with Gasteiger partial charge in [-0.25, -0.2) is 12.8 Å². The number of ether oxygens (including phenoxy) is 1. The summed E-state index contributed by atoms with van der Waals surface area (Å²) in [5.74, 6) is 0.0409. The van der Waals surface area contributed by atoms with Crippen molar-refractivity contribution in [3.63, 3.8) is 0 Å². The minimum Gasteiger partial charge on any atom is -0.494 e. The second kappa shape index (κ2) is 10.3. The fraction of sp³-hybridized carbons (Fsp3) is 0.214. The van der Waals surface area contributed by atoms with E-state index < -0.39 is 10.0 Å². The minimum atomic E-state index is -3.51. The number of anilines is 2. The molecule has 2 atom stereocenters. The van der Waals surface area contributed by atoms with E-state index in [9.17, 15) is 12.8 Å². The average molecular weight is 566 g/mol. The van der Waals surface area contributed by atoms with Crippen molar-refractivity contribution in [2.45, 2.75) is 25.9 Å². The lowest BCUT2D eigenvalue weighted by Gasteiger charge is -2.29. The highest BCUT2D eigenvalue weighted by atomic mass is 32.2. The molecule has 2 unspecified atom stereocenters. The standard InChI is InChI=1S/C28H28FN5O3S2/c1-17-14-22(18(2)33(17)20-9-7-8-19(29)15-20)27-26(24-10-5-6-13-30-24)31-28(38)34(27)21-11-12-23(25(16-21)37-3)32-39(4,35)36/h5-16,26-27,32H,1-4H3,(H,31,38). The number of halogens is 1. The zero-order valence-electron chi connectivity index (χ0n) is 21.8. The third-order valence-electron chi connectivity index (χ3n) is 6.71. The molecule has 0 aliphatic carbocycles. The summed E-state index contributed by atoms with van der Waals surface area (Å²) in [5, 5.41) is 3.92. The van der Waals surface area contributed by atoms with Crippen LogP contribution in [0, 0.1) is 19.7 Å². The molecule has 4 aromatic rings. The van der Waals surface area contributed by atoms with Gasteiger partial charge in [0.1, 0.15) is 11.6 Å². The van der Waals surface area contributed by atoms with E-state index in [2.05, 4.69) is 21.1 Å².